The molecule has 2 heterocycles. The van der Waals surface area contributed by atoms with Gasteiger partial charge in [-0.05, 0) is 0 Å². The van der Waals surface area contributed by atoms with Gasteiger partial charge in [0.2, 0.25) is 0 Å². The number of rotatable bonds is 2. The first-order valence-corrected chi connectivity index (χ1v) is 7.75. The van der Waals surface area contributed by atoms with Crippen molar-refractivity contribution in [2.24, 2.45) is 0 Å². The van der Waals surface area contributed by atoms with Crippen molar-refractivity contribution >= 4 is 29.7 Å². The monoisotopic (exact) mass is 318 g/mol. The smallest absolute Gasteiger partial charge is 0.331 e. The molecule has 2 unspecified atom stereocenters. The summed E-state index contributed by atoms with van der Waals surface area (Å²) in [6, 6.07) is -2.13. The zero-order chi connectivity index (χ0) is 15.4. The lowest BCUT2D eigenvalue weighted by Gasteiger charge is -2.40. The quantitative estimate of drug-likeness (QED) is 0.684. The van der Waals surface area contributed by atoms with Crippen molar-refractivity contribution in [3.63, 3.8) is 0 Å². The molecule has 2 rings (SSSR count). The van der Waals surface area contributed by atoms with Crippen LogP contribution >= 0.6 is 11.8 Å². The van der Waals surface area contributed by atoms with Crippen LogP contribution in [0.4, 0.5) is 4.79 Å². The molecule has 21 heavy (non-hydrogen) atoms. The van der Waals surface area contributed by atoms with Gasteiger partial charge in [-0.1, -0.05) is 0 Å². The van der Waals surface area contributed by atoms with Crippen LogP contribution in [0.2, 0.25) is 0 Å². The zero-order valence-corrected chi connectivity index (χ0v) is 12.5. The minimum atomic E-state index is -1.03. The number of morpholine rings is 1. The number of carbonyl (C=O) groups is 3. The summed E-state index contributed by atoms with van der Waals surface area (Å²) in [7, 11) is 1.25. The number of esters is 1. The Bertz CT molecular complexity index is 432. The SMILES string of the molecule is COC(=O)C1COCCN1C(=O)N1CCSCC1C(=O)O. The number of nitrogens with zero attached hydrogens (tertiary/aromatic N) is 2. The Morgan fingerprint density at radius 3 is 2.62 bits per heavy atom. The first kappa shape index (κ1) is 15.9. The molecule has 8 nitrogen and oxygen atoms in total. The largest absolute Gasteiger partial charge is 0.480 e. The van der Waals surface area contributed by atoms with Gasteiger partial charge in [0.15, 0.2) is 6.04 Å². The number of hydrogen-bond acceptors (Lipinski definition) is 6. The van der Waals surface area contributed by atoms with Crippen LogP contribution in [-0.4, -0.2) is 89.9 Å². The number of urea groups is 1. The number of carboxylic acid groups (broad SMARTS) is 1. The molecule has 118 valence electrons. The molecule has 2 saturated heterocycles. The van der Waals surface area contributed by atoms with Gasteiger partial charge in [-0.15, -0.1) is 0 Å². The minimum absolute atomic E-state index is 0.0682. The second-order valence-electron chi connectivity index (χ2n) is 4.71. The normalized spacial score (nSPS) is 26.3. The lowest BCUT2D eigenvalue weighted by atomic mass is 10.2. The highest BCUT2D eigenvalue weighted by Gasteiger charge is 2.40. The van der Waals surface area contributed by atoms with Crippen LogP contribution in [0.25, 0.3) is 0 Å². The average Bonchev–Trinajstić information content (AvgIpc) is 2.53. The number of aliphatic carboxylic acids is 1. The lowest BCUT2D eigenvalue weighted by molar-refractivity contribution is -0.151. The Labute approximate surface area is 126 Å². The zero-order valence-electron chi connectivity index (χ0n) is 11.7. The van der Waals surface area contributed by atoms with Crippen LogP contribution in [0, 0.1) is 0 Å². The van der Waals surface area contributed by atoms with E-state index in [1.165, 1.54) is 28.7 Å². The molecule has 2 amide bonds. The average molecular weight is 318 g/mol. The summed E-state index contributed by atoms with van der Waals surface area (Å²) in [5, 5.41) is 9.24. The summed E-state index contributed by atoms with van der Waals surface area (Å²) in [5.74, 6) is -0.545. The number of carbonyl (C=O) groups excluding carboxylic acids is 2. The predicted octanol–water partition coefficient (Wildman–Crippen LogP) is -0.518. The molecule has 0 aliphatic carbocycles. The van der Waals surface area contributed by atoms with E-state index in [1.54, 1.807) is 0 Å². The van der Waals surface area contributed by atoms with Crippen molar-refractivity contribution in [2.75, 3.05) is 44.9 Å². The second kappa shape index (κ2) is 6.99. The molecule has 0 aromatic carbocycles. The summed E-state index contributed by atoms with van der Waals surface area (Å²) >= 11 is 1.50. The van der Waals surface area contributed by atoms with Crippen molar-refractivity contribution in [1.29, 1.82) is 0 Å². The van der Waals surface area contributed by atoms with Crippen LogP contribution in [0.1, 0.15) is 0 Å². The number of thioether (sulfide) groups is 1. The Hall–Kier alpha value is -1.48. The molecule has 0 radical (unpaired) electrons. The number of hydrogen-bond donors (Lipinski definition) is 1. The van der Waals surface area contributed by atoms with Gasteiger partial charge in [0, 0.05) is 24.6 Å². The topological polar surface area (TPSA) is 96.4 Å². The molecule has 9 heteroatoms. The predicted molar refractivity (Wildman–Crippen MR) is 74.2 cm³/mol. The van der Waals surface area contributed by atoms with Crippen LogP contribution in [-0.2, 0) is 19.1 Å². The van der Waals surface area contributed by atoms with E-state index in [0.29, 0.717) is 24.7 Å². The third-order valence-electron chi connectivity index (χ3n) is 3.51. The number of carboxylic acids is 1. The van der Waals surface area contributed by atoms with Gasteiger partial charge in [-0.25, -0.2) is 14.4 Å². The molecule has 0 spiro atoms. The Balaban J connectivity index is 2.15. The summed E-state index contributed by atoms with van der Waals surface area (Å²) in [6.07, 6.45) is 0. The minimum Gasteiger partial charge on any atom is -0.480 e. The van der Waals surface area contributed by atoms with E-state index < -0.39 is 30.1 Å². The van der Waals surface area contributed by atoms with E-state index >= 15 is 0 Å². The molecule has 2 aliphatic heterocycles. The fourth-order valence-corrected chi connectivity index (χ4v) is 3.40. The highest BCUT2D eigenvalue weighted by molar-refractivity contribution is 7.99. The molecule has 0 aromatic heterocycles. The van der Waals surface area contributed by atoms with E-state index in [9.17, 15) is 19.5 Å². The molecule has 2 fully saturated rings. The molecule has 2 aliphatic rings. The molecule has 0 bridgehead atoms. The van der Waals surface area contributed by atoms with Crippen LogP contribution in [0.5, 0.6) is 0 Å². The van der Waals surface area contributed by atoms with Gasteiger partial charge in [-0.2, -0.15) is 11.8 Å². The first-order valence-electron chi connectivity index (χ1n) is 6.59. The summed E-state index contributed by atoms with van der Waals surface area (Å²) in [4.78, 5) is 38.3. The fourth-order valence-electron chi connectivity index (χ4n) is 2.37. The third-order valence-corrected chi connectivity index (χ3v) is 4.53. The van der Waals surface area contributed by atoms with Crippen molar-refractivity contribution in [2.45, 2.75) is 12.1 Å². The standard InChI is InChI=1S/C12H18N2O6S/c1-19-11(17)8-6-20-4-2-13(8)12(18)14-3-5-21-7-9(14)10(15)16/h8-9H,2-7H2,1H3,(H,15,16). The molecule has 0 saturated carbocycles. The first-order chi connectivity index (χ1) is 10.1. The fraction of sp³-hybridized carbons (Fsp3) is 0.750. The van der Waals surface area contributed by atoms with Crippen LogP contribution in [0.3, 0.4) is 0 Å². The molecule has 1 N–H and O–H groups in total. The number of methoxy groups -OCH3 is 1. The Morgan fingerprint density at radius 1 is 1.24 bits per heavy atom. The van der Waals surface area contributed by atoms with Crippen molar-refractivity contribution in [1.82, 2.24) is 9.80 Å². The van der Waals surface area contributed by atoms with E-state index in [2.05, 4.69) is 4.74 Å². The van der Waals surface area contributed by atoms with Crippen LogP contribution < -0.4 is 0 Å². The second-order valence-corrected chi connectivity index (χ2v) is 5.86. The van der Waals surface area contributed by atoms with Crippen molar-refractivity contribution in [3.05, 3.63) is 0 Å². The lowest BCUT2D eigenvalue weighted by Crippen LogP contribution is -2.61. The maximum atomic E-state index is 12.6. The van der Waals surface area contributed by atoms with Gasteiger partial charge in [-0.3, -0.25) is 0 Å². The molecular weight excluding hydrogens is 300 g/mol. The molecular formula is C12H18N2O6S. The molecule has 0 aromatic rings. The van der Waals surface area contributed by atoms with E-state index in [-0.39, 0.29) is 13.2 Å². The van der Waals surface area contributed by atoms with E-state index in [4.69, 9.17) is 4.74 Å². The molecule has 2 atom stereocenters. The Kier molecular flexibility index (Phi) is 5.29. The van der Waals surface area contributed by atoms with Gasteiger partial charge in [0.1, 0.15) is 6.04 Å². The van der Waals surface area contributed by atoms with Gasteiger partial charge >= 0.3 is 18.0 Å². The third kappa shape index (κ3) is 3.41. The summed E-state index contributed by atoms with van der Waals surface area (Å²) in [5.41, 5.74) is 0. The maximum Gasteiger partial charge on any atom is 0.331 e. The Morgan fingerprint density at radius 2 is 1.95 bits per heavy atom. The highest BCUT2D eigenvalue weighted by Crippen LogP contribution is 2.20. The number of amides is 2. The summed E-state index contributed by atoms with van der Waals surface area (Å²) < 4.78 is 9.89. The van der Waals surface area contributed by atoms with E-state index in [1.807, 2.05) is 0 Å². The van der Waals surface area contributed by atoms with E-state index in [0.717, 1.165) is 0 Å². The van der Waals surface area contributed by atoms with Crippen molar-refractivity contribution in [3.8, 4) is 0 Å². The number of ether oxygens (including phenoxy) is 2. The maximum absolute atomic E-state index is 12.6. The van der Waals surface area contributed by atoms with Gasteiger partial charge in [0.05, 0.1) is 20.3 Å². The summed E-state index contributed by atoms with van der Waals surface area (Å²) in [6.45, 7) is 0.985. The highest BCUT2D eigenvalue weighted by atomic mass is 32.2. The van der Waals surface area contributed by atoms with Crippen LogP contribution in [0.15, 0.2) is 0 Å². The van der Waals surface area contributed by atoms with Gasteiger partial charge < -0.3 is 24.4 Å². The van der Waals surface area contributed by atoms with Gasteiger partial charge in [0.25, 0.3) is 0 Å². The van der Waals surface area contributed by atoms with Crippen molar-refractivity contribution < 1.29 is 29.0 Å².